The van der Waals surface area contributed by atoms with Gasteiger partial charge in [0.1, 0.15) is 12.1 Å². The van der Waals surface area contributed by atoms with E-state index >= 15 is 0 Å². The molecule has 2 aromatic carbocycles. The number of nitriles is 2. The number of nitrogens with zero attached hydrogens (tertiary/aromatic N) is 4. The van der Waals surface area contributed by atoms with Crippen LogP contribution in [0.15, 0.2) is 41.5 Å². The Morgan fingerprint density at radius 3 is 2.66 bits per heavy atom. The SMILES string of the molecule is C[C@H](O)[C@@H](C1NN=C(c2ccc(C#N)cc2)O1)N1CCc2c1ccc(C#N)c2Cl. The van der Waals surface area contributed by atoms with Crippen molar-refractivity contribution in [1.82, 2.24) is 5.43 Å². The molecule has 0 spiro atoms. The first-order valence-corrected chi connectivity index (χ1v) is 9.58. The molecule has 2 aromatic rings. The van der Waals surface area contributed by atoms with Crippen LogP contribution >= 0.6 is 11.6 Å². The second kappa shape index (κ2) is 7.63. The molecule has 3 atom stereocenters. The van der Waals surface area contributed by atoms with E-state index in [-0.39, 0.29) is 0 Å². The fourth-order valence-electron chi connectivity index (χ4n) is 3.80. The summed E-state index contributed by atoms with van der Waals surface area (Å²) >= 11 is 6.39. The number of nitrogens with one attached hydrogen (secondary N) is 1. The Kier molecular flexibility index (Phi) is 5.02. The van der Waals surface area contributed by atoms with E-state index in [1.54, 1.807) is 37.3 Å². The highest BCUT2D eigenvalue weighted by Crippen LogP contribution is 2.38. The lowest BCUT2D eigenvalue weighted by Crippen LogP contribution is -2.53. The Hall–Kier alpha value is -3.26. The van der Waals surface area contributed by atoms with E-state index < -0.39 is 18.4 Å². The molecule has 1 unspecified atom stereocenters. The summed E-state index contributed by atoms with van der Waals surface area (Å²) in [6.07, 6.45) is -0.604. The largest absolute Gasteiger partial charge is 0.448 e. The minimum absolute atomic E-state index is 0.405. The number of rotatable bonds is 4. The second-order valence-corrected chi connectivity index (χ2v) is 7.36. The van der Waals surface area contributed by atoms with Crippen molar-refractivity contribution >= 4 is 23.2 Å². The van der Waals surface area contributed by atoms with E-state index in [9.17, 15) is 10.4 Å². The predicted molar refractivity (Wildman–Crippen MR) is 108 cm³/mol. The van der Waals surface area contributed by atoms with Crippen molar-refractivity contribution in [2.24, 2.45) is 5.10 Å². The zero-order valence-corrected chi connectivity index (χ0v) is 16.4. The summed E-state index contributed by atoms with van der Waals surface area (Å²) in [5, 5.41) is 33.4. The molecule has 7 nitrogen and oxygen atoms in total. The van der Waals surface area contributed by atoms with Crippen LogP contribution in [0.5, 0.6) is 0 Å². The van der Waals surface area contributed by atoms with Gasteiger partial charge in [-0.05, 0) is 55.3 Å². The van der Waals surface area contributed by atoms with Crippen LogP contribution in [-0.4, -0.2) is 35.9 Å². The van der Waals surface area contributed by atoms with Crippen LogP contribution in [0.25, 0.3) is 0 Å². The van der Waals surface area contributed by atoms with Crippen LogP contribution in [0.3, 0.4) is 0 Å². The molecule has 2 aliphatic heterocycles. The zero-order chi connectivity index (χ0) is 20.5. The number of aliphatic hydroxyl groups excluding tert-OH is 1. The number of ether oxygens (including phenoxy) is 1. The summed E-state index contributed by atoms with van der Waals surface area (Å²) in [5.74, 6) is 0.405. The molecular weight excluding hydrogens is 390 g/mol. The molecule has 0 aromatic heterocycles. The van der Waals surface area contributed by atoms with Gasteiger partial charge in [-0.3, -0.25) is 5.43 Å². The minimum Gasteiger partial charge on any atom is -0.448 e. The Morgan fingerprint density at radius 1 is 1.24 bits per heavy atom. The van der Waals surface area contributed by atoms with Crippen LogP contribution in [-0.2, 0) is 11.2 Å². The molecule has 0 bridgehead atoms. The molecule has 29 heavy (non-hydrogen) atoms. The summed E-state index contributed by atoms with van der Waals surface area (Å²) < 4.78 is 6.02. The van der Waals surface area contributed by atoms with Gasteiger partial charge in [-0.15, -0.1) is 5.10 Å². The van der Waals surface area contributed by atoms with E-state index in [1.165, 1.54) is 0 Å². The molecule has 0 amide bonds. The average Bonchev–Trinajstić information content (AvgIpc) is 3.37. The first kappa shape index (κ1) is 19.1. The number of hydrogen-bond donors (Lipinski definition) is 2. The Balaban J connectivity index is 1.57. The molecule has 146 valence electrons. The van der Waals surface area contributed by atoms with Gasteiger partial charge < -0.3 is 14.7 Å². The maximum atomic E-state index is 10.5. The topological polar surface area (TPSA) is 105 Å². The molecule has 0 saturated heterocycles. The third kappa shape index (κ3) is 3.36. The molecule has 0 aliphatic carbocycles. The molecule has 0 radical (unpaired) electrons. The molecule has 2 N–H and O–H groups in total. The molecule has 0 saturated carbocycles. The zero-order valence-electron chi connectivity index (χ0n) is 15.6. The van der Waals surface area contributed by atoms with Crippen LogP contribution < -0.4 is 10.3 Å². The smallest absolute Gasteiger partial charge is 0.240 e. The quantitative estimate of drug-likeness (QED) is 0.806. The van der Waals surface area contributed by atoms with Crippen molar-refractivity contribution in [2.45, 2.75) is 31.7 Å². The monoisotopic (exact) mass is 407 g/mol. The first-order valence-electron chi connectivity index (χ1n) is 9.20. The van der Waals surface area contributed by atoms with E-state index in [4.69, 9.17) is 21.6 Å². The normalized spacial score (nSPS) is 19.3. The molecule has 8 heteroatoms. The van der Waals surface area contributed by atoms with E-state index in [2.05, 4.69) is 22.7 Å². The highest BCUT2D eigenvalue weighted by molar-refractivity contribution is 6.33. The van der Waals surface area contributed by atoms with Gasteiger partial charge in [0, 0.05) is 17.8 Å². The first-order chi connectivity index (χ1) is 14.0. The van der Waals surface area contributed by atoms with Crippen LogP contribution in [0, 0.1) is 22.7 Å². The summed E-state index contributed by atoms with van der Waals surface area (Å²) in [6.45, 7) is 2.35. The number of anilines is 1. The van der Waals surface area contributed by atoms with Gasteiger partial charge >= 0.3 is 0 Å². The Bertz CT molecular complexity index is 1050. The lowest BCUT2D eigenvalue weighted by atomic mass is 10.1. The fourth-order valence-corrected chi connectivity index (χ4v) is 4.10. The molecule has 2 heterocycles. The van der Waals surface area contributed by atoms with E-state index in [1.807, 2.05) is 11.0 Å². The Labute approximate surface area is 173 Å². The number of aliphatic hydroxyl groups is 1. The lowest BCUT2D eigenvalue weighted by Gasteiger charge is -2.35. The minimum atomic E-state index is -0.719. The molecule has 2 aliphatic rings. The van der Waals surface area contributed by atoms with Gasteiger partial charge in [-0.2, -0.15) is 10.5 Å². The number of benzene rings is 2. The molecular formula is C21H18ClN5O2. The number of hydrogen-bond acceptors (Lipinski definition) is 7. The summed E-state index contributed by atoms with van der Waals surface area (Å²) in [5.41, 5.74) is 6.51. The van der Waals surface area contributed by atoms with Gasteiger partial charge in [0.2, 0.25) is 12.1 Å². The fraction of sp³-hybridized carbons (Fsp3) is 0.286. The van der Waals surface area contributed by atoms with Gasteiger partial charge in [-0.25, -0.2) is 0 Å². The summed E-state index contributed by atoms with van der Waals surface area (Å²) in [6, 6.07) is 14.3. The van der Waals surface area contributed by atoms with Crippen molar-refractivity contribution < 1.29 is 9.84 Å². The highest BCUT2D eigenvalue weighted by atomic mass is 35.5. The maximum Gasteiger partial charge on any atom is 0.240 e. The third-order valence-corrected chi connectivity index (χ3v) is 5.64. The number of hydrazone groups is 1. The van der Waals surface area contributed by atoms with Gasteiger partial charge in [0.05, 0.1) is 28.3 Å². The van der Waals surface area contributed by atoms with Crippen LogP contribution in [0.1, 0.15) is 29.2 Å². The second-order valence-electron chi connectivity index (χ2n) is 6.98. The van der Waals surface area contributed by atoms with E-state index in [0.717, 1.165) is 16.8 Å². The van der Waals surface area contributed by atoms with Crippen LogP contribution in [0.2, 0.25) is 5.02 Å². The predicted octanol–water partition coefficient (Wildman–Crippen LogP) is 2.50. The highest BCUT2D eigenvalue weighted by Gasteiger charge is 2.40. The van der Waals surface area contributed by atoms with Crippen molar-refractivity contribution in [2.75, 3.05) is 11.4 Å². The Morgan fingerprint density at radius 2 is 2.00 bits per heavy atom. The van der Waals surface area contributed by atoms with Crippen molar-refractivity contribution in [3.05, 3.63) is 63.7 Å². The van der Waals surface area contributed by atoms with Gasteiger partial charge in [0.25, 0.3) is 0 Å². The standard InChI is InChI=1S/C21H18ClN5O2/c1-12(28)19(27-9-8-16-17(27)7-6-15(11-24)18(16)22)21-26-25-20(29-21)14-4-2-13(10-23)3-5-14/h2-7,12,19,21,26,28H,8-9H2,1H3/t12-,19-,21?/m0/s1. The van der Waals surface area contributed by atoms with Crippen molar-refractivity contribution in [3.8, 4) is 12.1 Å². The lowest BCUT2D eigenvalue weighted by molar-refractivity contribution is 0.0665. The third-order valence-electron chi connectivity index (χ3n) is 5.21. The number of halogens is 1. The van der Waals surface area contributed by atoms with Crippen molar-refractivity contribution in [3.63, 3.8) is 0 Å². The van der Waals surface area contributed by atoms with E-state index in [0.29, 0.717) is 35.0 Å². The summed E-state index contributed by atoms with van der Waals surface area (Å²) in [4.78, 5) is 2.04. The maximum absolute atomic E-state index is 10.5. The van der Waals surface area contributed by atoms with Gasteiger partial charge in [-0.1, -0.05) is 11.6 Å². The van der Waals surface area contributed by atoms with Crippen molar-refractivity contribution in [1.29, 1.82) is 10.5 Å². The average molecular weight is 408 g/mol. The molecule has 4 rings (SSSR count). The number of fused-ring (bicyclic) bond motifs is 1. The van der Waals surface area contributed by atoms with Gasteiger partial charge in [0.15, 0.2) is 0 Å². The molecule has 0 fully saturated rings. The van der Waals surface area contributed by atoms with Crippen LogP contribution in [0.4, 0.5) is 5.69 Å². The summed E-state index contributed by atoms with van der Waals surface area (Å²) in [7, 11) is 0.